The first-order chi connectivity index (χ1) is 14.8. The molecule has 9 heteroatoms. The summed E-state index contributed by atoms with van der Waals surface area (Å²) >= 11 is 0. The highest BCUT2D eigenvalue weighted by molar-refractivity contribution is 5.95. The number of hydrogen-bond acceptors (Lipinski definition) is 9. The fraction of sp³-hybridized carbons (Fsp3) is 0.455. The van der Waals surface area contributed by atoms with E-state index in [1.165, 1.54) is 19.5 Å². The molecule has 1 saturated heterocycles. The maximum absolute atomic E-state index is 12.8. The maximum Gasteiger partial charge on any atom is 0.283 e. The Hall–Kier alpha value is -3.20. The number of nitrogens with two attached hydrogens (primary N) is 1. The lowest BCUT2D eigenvalue weighted by molar-refractivity contribution is -0.247. The summed E-state index contributed by atoms with van der Waals surface area (Å²) in [5, 5.41) is 0. The van der Waals surface area contributed by atoms with Gasteiger partial charge in [-0.15, -0.1) is 0 Å². The average Bonchev–Trinajstić information content (AvgIpc) is 3.09. The van der Waals surface area contributed by atoms with Crippen LogP contribution in [0.15, 0.2) is 35.6 Å². The number of fused-ring (bicyclic) bond motifs is 3. The fourth-order valence-electron chi connectivity index (χ4n) is 4.78. The van der Waals surface area contributed by atoms with Crippen molar-refractivity contribution >= 4 is 11.8 Å². The SMILES string of the molecule is COc1cnc(C(=O)Cc2ccc3c(c2)[C@@]2(COC(N)=N2)C2(COC2)C(C)(C)O3)cn1. The van der Waals surface area contributed by atoms with E-state index in [4.69, 9.17) is 29.7 Å². The van der Waals surface area contributed by atoms with Gasteiger partial charge in [0.05, 0.1) is 38.1 Å². The number of methoxy groups -OCH3 is 1. The molecule has 3 aliphatic rings. The molecule has 0 saturated carbocycles. The molecule has 0 unspecified atom stereocenters. The molecule has 2 spiro atoms. The van der Waals surface area contributed by atoms with E-state index in [9.17, 15) is 4.79 Å². The van der Waals surface area contributed by atoms with Crippen LogP contribution in [0.3, 0.4) is 0 Å². The zero-order chi connectivity index (χ0) is 21.9. The van der Waals surface area contributed by atoms with Crippen molar-refractivity contribution in [3.8, 4) is 11.6 Å². The summed E-state index contributed by atoms with van der Waals surface area (Å²) in [6.45, 7) is 5.38. The quantitative estimate of drug-likeness (QED) is 0.736. The first kappa shape index (κ1) is 19.7. The topological polar surface area (TPSA) is 118 Å². The van der Waals surface area contributed by atoms with Crippen molar-refractivity contribution < 1.29 is 23.7 Å². The molecule has 31 heavy (non-hydrogen) atoms. The summed E-state index contributed by atoms with van der Waals surface area (Å²) in [5.41, 5.74) is 6.25. The molecule has 0 amide bonds. The molecule has 1 aromatic heterocycles. The van der Waals surface area contributed by atoms with Crippen LogP contribution in [-0.2, 0) is 21.4 Å². The smallest absolute Gasteiger partial charge is 0.283 e. The van der Waals surface area contributed by atoms with Crippen molar-refractivity contribution in [3.05, 3.63) is 47.4 Å². The van der Waals surface area contributed by atoms with Gasteiger partial charge in [0.1, 0.15) is 29.2 Å². The Kier molecular flexibility index (Phi) is 4.23. The Morgan fingerprint density at radius 1 is 1.19 bits per heavy atom. The number of ketones is 1. The van der Waals surface area contributed by atoms with Crippen molar-refractivity contribution in [2.45, 2.75) is 31.4 Å². The zero-order valence-corrected chi connectivity index (χ0v) is 17.7. The van der Waals surface area contributed by atoms with Gasteiger partial charge < -0.3 is 24.7 Å². The molecule has 1 atom stereocenters. The molecular formula is C22H24N4O5. The molecule has 4 heterocycles. The average molecular weight is 424 g/mol. The number of hydrogen-bond donors (Lipinski definition) is 1. The maximum atomic E-state index is 12.8. The van der Waals surface area contributed by atoms with Gasteiger partial charge in [0.2, 0.25) is 5.88 Å². The standard InChI is InChI=1S/C22H24N4O5/c1-20(2)21(10-29-11-21)22(12-30-19(23)26-22)14-6-13(4-5-17(14)31-20)7-16(27)15-8-25-18(28-3)9-24-15/h4-6,8-9H,7,10-12H2,1-3H3,(H2,23,26)/t22-/m0/s1. The number of aromatic nitrogens is 2. The van der Waals surface area contributed by atoms with E-state index in [1.807, 2.05) is 32.0 Å². The van der Waals surface area contributed by atoms with Gasteiger partial charge in [-0.25, -0.2) is 15.0 Å². The van der Waals surface area contributed by atoms with Gasteiger partial charge in [0.25, 0.3) is 6.02 Å². The van der Waals surface area contributed by atoms with Crippen LogP contribution in [0.2, 0.25) is 0 Å². The van der Waals surface area contributed by atoms with Gasteiger partial charge >= 0.3 is 0 Å². The van der Waals surface area contributed by atoms with Crippen LogP contribution in [0, 0.1) is 5.41 Å². The predicted molar refractivity (Wildman–Crippen MR) is 110 cm³/mol. The number of benzene rings is 1. The van der Waals surface area contributed by atoms with Gasteiger partial charge in [0, 0.05) is 12.0 Å². The van der Waals surface area contributed by atoms with Crippen molar-refractivity contribution in [3.63, 3.8) is 0 Å². The molecular weight excluding hydrogens is 400 g/mol. The van der Waals surface area contributed by atoms with Crippen LogP contribution in [0.4, 0.5) is 0 Å². The molecule has 2 N–H and O–H groups in total. The zero-order valence-electron chi connectivity index (χ0n) is 17.7. The third-order valence-corrected chi connectivity index (χ3v) is 6.71. The van der Waals surface area contributed by atoms with Crippen molar-refractivity contribution in [2.24, 2.45) is 16.1 Å². The Morgan fingerprint density at radius 3 is 2.58 bits per heavy atom. The molecule has 3 aliphatic heterocycles. The molecule has 9 nitrogen and oxygen atoms in total. The summed E-state index contributed by atoms with van der Waals surface area (Å²) in [7, 11) is 1.50. The van der Waals surface area contributed by atoms with Gasteiger partial charge in [-0.1, -0.05) is 6.07 Å². The minimum Gasteiger partial charge on any atom is -0.487 e. The molecule has 1 fully saturated rings. The Bertz CT molecular complexity index is 1080. The first-order valence-corrected chi connectivity index (χ1v) is 10.1. The van der Waals surface area contributed by atoms with Crippen LogP contribution in [0.5, 0.6) is 11.6 Å². The summed E-state index contributed by atoms with van der Waals surface area (Å²) in [6, 6.07) is 5.89. The number of nitrogens with zero attached hydrogens (tertiary/aromatic N) is 3. The number of ether oxygens (including phenoxy) is 4. The first-order valence-electron chi connectivity index (χ1n) is 10.1. The highest BCUT2D eigenvalue weighted by atomic mass is 16.5. The van der Waals surface area contributed by atoms with E-state index < -0.39 is 16.6 Å². The second kappa shape index (κ2) is 6.65. The predicted octanol–water partition coefficient (Wildman–Crippen LogP) is 1.64. The van der Waals surface area contributed by atoms with Gasteiger partial charge in [-0.2, -0.15) is 0 Å². The second-order valence-electron chi connectivity index (χ2n) is 8.66. The Morgan fingerprint density at radius 2 is 2.00 bits per heavy atom. The number of amidine groups is 1. The van der Waals surface area contributed by atoms with E-state index in [1.54, 1.807) is 0 Å². The molecule has 0 bridgehead atoms. The highest BCUT2D eigenvalue weighted by Crippen LogP contribution is 2.62. The summed E-state index contributed by atoms with van der Waals surface area (Å²) in [4.78, 5) is 25.8. The van der Waals surface area contributed by atoms with Crippen molar-refractivity contribution in [1.82, 2.24) is 9.97 Å². The number of carbonyl (C=O) groups excluding carboxylic acids is 1. The van der Waals surface area contributed by atoms with Gasteiger partial charge in [-0.05, 0) is 31.5 Å². The third kappa shape index (κ3) is 2.72. The third-order valence-electron chi connectivity index (χ3n) is 6.71. The minimum atomic E-state index is -0.731. The van der Waals surface area contributed by atoms with Gasteiger partial charge in [-0.3, -0.25) is 4.79 Å². The van der Waals surface area contributed by atoms with E-state index in [-0.39, 0.29) is 23.9 Å². The lowest BCUT2D eigenvalue weighted by atomic mass is 9.55. The lowest BCUT2D eigenvalue weighted by Crippen LogP contribution is -2.71. The summed E-state index contributed by atoms with van der Waals surface area (Å²) in [5.74, 6) is 0.926. The monoisotopic (exact) mass is 424 g/mol. The van der Waals surface area contributed by atoms with Crippen LogP contribution in [-0.4, -0.2) is 54.3 Å². The normalized spacial score (nSPS) is 24.5. The van der Waals surface area contributed by atoms with Crippen molar-refractivity contribution in [2.75, 3.05) is 26.9 Å². The minimum absolute atomic E-state index is 0.145. The second-order valence-corrected chi connectivity index (χ2v) is 8.66. The van der Waals surface area contributed by atoms with E-state index in [2.05, 4.69) is 9.97 Å². The highest BCUT2D eigenvalue weighted by Gasteiger charge is 2.71. The van der Waals surface area contributed by atoms with Crippen LogP contribution >= 0.6 is 0 Å². The molecule has 2 aromatic rings. The van der Waals surface area contributed by atoms with E-state index in [0.29, 0.717) is 31.5 Å². The Balaban J connectivity index is 1.53. The van der Waals surface area contributed by atoms with Crippen LogP contribution in [0.25, 0.3) is 0 Å². The van der Waals surface area contributed by atoms with Crippen molar-refractivity contribution in [1.29, 1.82) is 0 Å². The van der Waals surface area contributed by atoms with E-state index >= 15 is 0 Å². The number of carbonyl (C=O) groups is 1. The molecule has 5 rings (SSSR count). The summed E-state index contributed by atoms with van der Waals surface area (Å²) < 4.78 is 22.7. The molecule has 162 valence electrons. The summed E-state index contributed by atoms with van der Waals surface area (Å²) in [6.07, 6.45) is 3.01. The van der Waals surface area contributed by atoms with Gasteiger partial charge in [0.15, 0.2) is 5.78 Å². The molecule has 0 radical (unpaired) electrons. The largest absolute Gasteiger partial charge is 0.487 e. The van der Waals surface area contributed by atoms with Crippen LogP contribution < -0.4 is 15.2 Å². The fourth-order valence-corrected chi connectivity index (χ4v) is 4.78. The number of aliphatic imine (C=N–C) groups is 1. The van der Waals surface area contributed by atoms with E-state index in [0.717, 1.165) is 11.1 Å². The van der Waals surface area contributed by atoms with Crippen LogP contribution in [0.1, 0.15) is 35.5 Å². The molecule has 1 aromatic carbocycles. The lowest BCUT2D eigenvalue weighted by Gasteiger charge is -2.61. The Labute approximate surface area is 179 Å². The number of Topliss-reactive ketones (excluding diaryl/α,β-unsaturated/α-hetero) is 1. The number of rotatable bonds is 4. The molecule has 0 aliphatic carbocycles.